The smallest absolute Gasteiger partial charge is 0.321 e. The van der Waals surface area contributed by atoms with Crippen LogP contribution in [0.3, 0.4) is 0 Å². The molecule has 0 spiro atoms. The highest BCUT2D eigenvalue weighted by Crippen LogP contribution is 2.24. The molecule has 0 aromatic heterocycles. The van der Waals surface area contributed by atoms with Crippen LogP contribution in [-0.2, 0) is 17.8 Å². The summed E-state index contributed by atoms with van der Waals surface area (Å²) >= 11 is 3.20. The van der Waals surface area contributed by atoms with Gasteiger partial charge < -0.3 is 10.4 Å². The lowest BCUT2D eigenvalue weighted by atomic mass is 9.95. The van der Waals surface area contributed by atoms with Crippen LogP contribution in [0, 0.1) is 5.82 Å². The highest BCUT2D eigenvalue weighted by Gasteiger charge is 2.25. The molecule has 0 saturated heterocycles. The fourth-order valence-corrected chi connectivity index (χ4v) is 2.20. The Hall–Kier alpha value is -0.940. The van der Waals surface area contributed by atoms with Gasteiger partial charge in [-0.15, -0.1) is 0 Å². The maximum absolute atomic E-state index is 13.5. The molecule has 0 aliphatic carbocycles. The molecule has 1 heterocycles. The highest BCUT2D eigenvalue weighted by atomic mass is 79.9. The molecule has 1 aliphatic rings. The number of fused-ring (bicyclic) bond motifs is 1. The minimum atomic E-state index is -0.942. The molecular formula is C10H9BrFNO2. The van der Waals surface area contributed by atoms with E-state index < -0.39 is 12.0 Å². The zero-order chi connectivity index (χ0) is 11.0. The minimum Gasteiger partial charge on any atom is -0.480 e. The molecule has 1 aromatic rings. The molecule has 0 amide bonds. The molecule has 2 rings (SSSR count). The molecule has 1 aromatic carbocycles. The summed E-state index contributed by atoms with van der Waals surface area (Å²) in [6.45, 7) is 0.392. The number of hydrogen-bond donors (Lipinski definition) is 2. The van der Waals surface area contributed by atoms with Crippen molar-refractivity contribution in [3.05, 3.63) is 33.5 Å². The van der Waals surface area contributed by atoms with Crippen LogP contribution in [0.15, 0.2) is 16.6 Å². The Morgan fingerprint density at radius 2 is 2.33 bits per heavy atom. The second-order valence-electron chi connectivity index (χ2n) is 3.50. The van der Waals surface area contributed by atoms with E-state index in [4.69, 9.17) is 5.11 Å². The van der Waals surface area contributed by atoms with Crippen molar-refractivity contribution in [3.63, 3.8) is 0 Å². The predicted octanol–water partition coefficient (Wildman–Crippen LogP) is 1.69. The summed E-state index contributed by atoms with van der Waals surface area (Å²) in [6, 6.07) is 2.49. The van der Waals surface area contributed by atoms with Crippen LogP contribution in [0.25, 0.3) is 0 Å². The Morgan fingerprint density at radius 3 is 3.00 bits per heavy atom. The first-order valence-corrected chi connectivity index (χ1v) is 5.30. The van der Waals surface area contributed by atoms with Crippen LogP contribution in [0.1, 0.15) is 11.1 Å². The van der Waals surface area contributed by atoms with Gasteiger partial charge in [0.05, 0.1) is 0 Å². The lowest BCUT2D eigenvalue weighted by Gasteiger charge is -2.23. The predicted molar refractivity (Wildman–Crippen MR) is 56.1 cm³/mol. The molecule has 0 radical (unpaired) electrons. The lowest BCUT2D eigenvalue weighted by Crippen LogP contribution is -2.42. The number of carboxylic acid groups (broad SMARTS) is 1. The van der Waals surface area contributed by atoms with E-state index in [0.717, 1.165) is 5.56 Å². The normalized spacial score (nSPS) is 19.7. The number of rotatable bonds is 1. The van der Waals surface area contributed by atoms with Crippen LogP contribution in [0.4, 0.5) is 4.39 Å². The van der Waals surface area contributed by atoms with Gasteiger partial charge in [-0.3, -0.25) is 4.79 Å². The van der Waals surface area contributed by atoms with E-state index in [-0.39, 0.29) is 12.2 Å². The number of benzene rings is 1. The van der Waals surface area contributed by atoms with Gasteiger partial charge in [0.1, 0.15) is 11.9 Å². The highest BCUT2D eigenvalue weighted by molar-refractivity contribution is 9.10. The fraction of sp³-hybridized carbons (Fsp3) is 0.300. The monoisotopic (exact) mass is 273 g/mol. The third-order valence-corrected chi connectivity index (χ3v) is 2.96. The number of carboxylic acids is 1. The van der Waals surface area contributed by atoms with Gasteiger partial charge in [-0.05, 0) is 23.3 Å². The van der Waals surface area contributed by atoms with Gasteiger partial charge in [0, 0.05) is 17.4 Å². The second-order valence-corrected chi connectivity index (χ2v) is 4.42. The summed E-state index contributed by atoms with van der Waals surface area (Å²) in [5, 5.41) is 11.7. The topological polar surface area (TPSA) is 49.3 Å². The third kappa shape index (κ3) is 2.03. The SMILES string of the molecule is O=C(O)[C@@H]1Cc2c(F)cc(Br)cc2CN1. The van der Waals surface area contributed by atoms with Crippen molar-refractivity contribution < 1.29 is 14.3 Å². The number of hydrogen-bond acceptors (Lipinski definition) is 2. The summed E-state index contributed by atoms with van der Waals surface area (Å²) < 4.78 is 14.2. The van der Waals surface area contributed by atoms with Gasteiger partial charge in [0.2, 0.25) is 0 Å². The van der Waals surface area contributed by atoms with E-state index in [0.29, 0.717) is 16.6 Å². The maximum Gasteiger partial charge on any atom is 0.321 e. The first-order valence-electron chi connectivity index (χ1n) is 4.51. The van der Waals surface area contributed by atoms with E-state index in [1.807, 2.05) is 6.07 Å². The van der Waals surface area contributed by atoms with Crippen molar-refractivity contribution in [1.29, 1.82) is 0 Å². The molecule has 80 valence electrons. The maximum atomic E-state index is 13.5. The Balaban J connectivity index is 2.37. The van der Waals surface area contributed by atoms with E-state index in [9.17, 15) is 9.18 Å². The Morgan fingerprint density at radius 1 is 1.60 bits per heavy atom. The molecule has 1 aliphatic heterocycles. The summed E-state index contributed by atoms with van der Waals surface area (Å²) in [7, 11) is 0. The molecule has 15 heavy (non-hydrogen) atoms. The van der Waals surface area contributed by atoms with Gasteiger partial charge in [-0.2, -0.15) is 0 Å². The molecular weight excluding hydrogens is 265 g/mol. The van der Waals surface area contributed by atoms with Crippen LogP contribution in [0.5, 0.6) is 0 Å². The molecule has 5 heteroatoms. The molecule has 2 N–H and O–H groups in total. The van der Waals surface area contributed by atoms with E-state index in [1.54, 1.807) is 0 Å². The fourth-order valence-electron chi connectivity index (χ4n) is 1.73. The first kappa shape index (κ1) is 10.6. The summed E-state index contributed by atoms with van der Waals surface area (Å²) in [5.41, 5.74) is 1.32. The van der Waals surface area contributed by atoms with Crippen LogP contribution < -0.4 is 5.32 Å². The first-order chi connectivity index (χ1) is 7.08. The third-order valence-electron chi connectivity index (χ3n) is 2.50. The average Bonchev–Trinajstić information content (AvgIpc) is 2.16. The van der Waals surface area contributed by atoms with E-state index in [1.165, 1.54) is 6.07 Å². The quantitative estimate of drug-likeness (QED) is 0.819. The molecule has 1 atom stereocenters. The summed E-state index contributed by atoms with van der Waals surface area (Å²) in [6.07, 6.45) is 0.198. The standard InChI is InChI=1S/C10H9BrFNO2/c11-6-1-5-4-13-9(10(14)15)3-7(5)8(12)2-6/h1-2,9,13H,3-4H2,(H,14,15)/t9-/m0/s1. The van der Waals surface area contributed by atoms with Crippen molar-refractivity contribution in [2.45, 2.75) is 19.0 Å². The van der Waals surface area contributed by atoms with Crippen molar-refractivity contribution >= 4 is 21.9 Å². The van der Waals surface area contributed by atoms with Gasteiger partial charge >= 0.3 is 5.97 Å². The van der Waals surface area contributed by atoms with Crippen LogP contribution in [-0.4, -0.2) is 17.1 Å². The van der Waals surface area contributed by atoms with E-state index >= 15 is 0 Å². The molecule has 0 bridgehead atoms. The molecule has 3 nitrogen and oxygen atoms in total. The average molecular weight is 274 g/mol. The van der Waals surface area contributed by atoms with Gasteiger partial charge in [0.15, 0.2) is 0 Å². The zero-order valence-corrected chi connectivity index (χ0v) is 9.34. The van der Waals surface area contributed by atoms with Crippen molar-refractivity contribution in [1.82, 2.24) is 5.32 Å². The van der Waals surface area contributed by atoms with Gasteiger partial charge in [-0.25, -0.2) is 4.39 Å². The van der Waals surface area contributed by atoms with Crippen LogP contribution >= 0.6 is 15.9 Å². The number of halogens is 2. The second kappa shape index (κ2) is 3.90. The lowest BCUT2D eigenvalue weighted by molar-refractivity contribution is -0.139. The largest absolute Gasteiger partial charge is 0.480 e. The van der Waals surface area contributed by atoms with Gasteiger partial charge in [0.25, 0.3) is 0 Å². The Bertz CT molecular complexity index is 422. The Kier molecular flexibility index (Phi) is 2.75. The Labute approximate surface area is 94.4 Å². The van der Waals surface area contributed by atoms with Crippen molar-refractivity contribution in [3.8, 4) is 0 Å². The zero-order valence-electron chi connectivity index (χ0n) is 7.76. The molecule has 0 unspecified atom stereocenters. The van der Waals surface area contributed by atoms with Crippen molar-refractivity contribution in [2.24, 2.45) is 0 Å². The number of nitrogens with one attached hydrogen (secondary N) is 1. The van der Waals surface area contributed by atoms with Crippen molar-refractivity contribution in [2.75, 3.05) is 0 Å². The number of carbonyl (C=O) groups is 1. The number of aliphatic carboxylic acids is 1. The minimum absolute atomic E-state index is 0.198. The van der Waals surface area contributed by atoms with Gasteiger partial charge in [-0.1, -0.05) is 15.9 Å². The van der Waals surface area contributed by atoms with Crippen LogP contribution in [0.2, 0.25) is 0 Å². The molecule has 0 fully saturated rings. The summed E-state index contributed by atoms with van der Waals surface area (Å²) in [5.74, 6) is -1.28. The molecule has 0 saturated carbocycles. The van der Waals surface area contributed by atoms with E-state index in [2.05, 4.69) is 21.2 Å². The summed E-state index contributed by atoms with van der Waals surface area (Å²) in [4.78, 5) is 10.7.